The first kappa shape index (κ1) is 17.9. The molecule has 0 heterocycles. The molecule has 0 fully saturated rings. The van der Waals surface area contributed by atoms with Crippen molar-refractivity contribution in [3.63, 3.8) is 0 Å². The van der Waals surface area contributed by atoms with Crippen LogP contribution in [0, 0.1) is 5.82 Å². The number of halogens is 4. The minimum Gasteiger partial charge on any atom is -0.313 e. The van der Waals surface area contributed by atoms with Gasteiger partial charge in [-0.15, -0.1) is 0 Å². The van der Waals surface area contributed by atoms with Gasteiger partial charge in [0.25, 0.3) is 0 Å². The summed E-state index contributed by atoms with van der Waals surface area (Å²) in [7, 11) is 0. The Kier molecular flexibility index (Phi) is 7.11. The predicted molar refractivity (Wildman–Crippen MR) is 75.5 cm³/mol. The molecule has 0 aliphatic heterocycles. The van der Waals surface area contributed by atoms with Crippen LogP contribution in [0.3, 0.4) is 0 Å². The molecule has 2 nitrogen and oxygen atoms in total. The van der Waals surface area contributed by atoms with Gasteiger partial charge in [-0.2, -0.15) is 13.2 Å². The molecule has 1 rings (SSSR count). The highest BCUT2D eigenvalue weighted by atomic mass is 19.4. The second-order valence-corrected chi connectivity index (χ2v) is 4.86. The van der Waals surface area contributed by atoms with Crippen LogP contribution < -0.4 is 5.32 Å². The van der Waals surface area contributed by atoms with Crippen molar-refractivity contribution in [1.29, 1.82) is 0 Å². The Morgan fingerprint density at radius 3 is 2.38 bits per heavy atom. The van der Waals surface area contributed by atoms with Crippen molar-refractivity contribution in [3.8, 4) is 0 Å². The van der Waals surface area contributed by atoms with Gasteiger partial charge in [-0.25, -0.2) is 4.39 Å². The molecule has 21 heavy (non-hydrogen) atoms. The molecule has 0 spiro atoms. The van der Waals surface area contributed by atoms with E-state index in [1.54, 1.807) is 0 Å². The molecule has 0 bridgehead atoms. The Bertz CT molecular complexity index is 428. The van der Waals surface area contributed by atoms with E-state index in [4.69, 9.17) is 0 Å². The molecule has 0 saturated heterocycles. The second-order valence-electron chi connectivity index (χ2n) is 4.86. The van der Waals surface area contributed by atoms with Crippen molar-refractivity contribution in [2.75, 3.05) is 26.2 Å². The van der Waals surface area contributed by atoms with Gasteiger partial charge in [-0.3, -0.25) is 0 Å². The third kappa shape index (κ3) is 6.01. The van der Waals surface area contributed by atoms with Crippen LogP contribution in [0.2, 0.25) is 0 Å². The van der Waals surface area contributed by atoms with Gasteiger partial charge in [0.2, 0.25) is 0 Å². The van der Waals surface area contributed by atoms with Gasteiger partial charge in [0, 0.05) is 6.54 Å². The summed E-state index contributed by atoms with van der Waals surface area (Å²) in [5.74, 6) is -0.868. The molecule has 0 aromatic heterocycles. The summed E-state index contributed by atoms with van der Waals surface area (Å²) < 4.78 is 51.4. The summed E-state index contributed by atoms with van der Waals surface area (Å²) in [4.78, 5) is 2.25. The molecule has 0 aliphatic rings. The van der Waals surface area contributed by atoms with E-state index in [1.165, 1.54) is 6.07 Å². The lowest BCUT2D eigenvalue weighted by molar-refractivity contribution is -0.138. The normalized spacial score (nSPS) is 12.1. The van der Waals surface area contributed by atoms with Gasteiger partial charge in [-0.05, 0) is 50.3 Å². The first-order valence-corrected chi connectivity index (χ1v) is 7.17. The smallest absolute Gasteiger partial charge is 0.313 e. The van der Waals surface area contributed by atoms with Crippen molar-refractivity contribution in [2.24, 2.45) is 0 Å². The molecule has 6 heteroatoms. The summed E-state index contributed by atoms with van der Waals surface area (Å²) in [6.07, 6.45) is -3.66. The van der Waals surface area contributed by atoms with Gasteiger partial charge in [0.15, 0.2) is 0 Å². The van der Waals surface area contributed by atoms with Crippen molar-refractivity contribution >= 4 is 0 Å². The van der Waals surface area contributed by atoms with Crippen LogP contribution in [0.25, 0.3) is 0 Å². The highest BCUT2D eigenvalue weighted by molar-refractivity contribution is 5.30. The Hall–Kier alpha value is -1.14. The van der Waals surface area contributed by atoms with Crippen LogP contribution >= 0.6 is 0 Å². The van der Waals surface area contributed by atoms with Crippen LogP contribution in [-0.2, 0) is 12.7 Å². The van der Waals surface area contributed by atoms with Crippen LogP contribution in [0.1, 0.15) is 31.4 Å². The van der Waals surface area contributed by atoms with Crippen LogP contribution in [0.15, 0.2) is 18.2 Å². The van der Waals surface area contributed by atoms with Crippen molar-refractivity contribution in [3.05, 3.63) is 35.1 Å². The van der Waals surface area contributed by atoms with E-state index in [0.29, 0.717) is 12.6 Å². The summed E-state index contributed by atoms with van der Waals surface area (Å²) in [6, 6.07) is 2.80. The molecule has 0 saturated carbocycles. The topological polar surface area (TPSA) is 15.3 Å². The first-order chi connectivity index (χ1) is 9.88. The third-order valence-electron chi connectivity index (χ3n) is 3.42. The van der Waals surface area contributed by atoms with Gasteiger partial charge in [-0.1, -0.05) is 19.9 Å². The van der Waals surface area contributed by atoms with Gasteiger partial charge >= 0.3 is 6.18 Å². The van der Waals surface area contributed by atoms with Crippen LogP contribution in [0.4, 0.5) is 17.6 Å². The number of hydrogen-bond acceptors (Lipinski definition) is 2. The lowest BCUT2D eigenvalue weighted by Crippen LogP contribution is -2.27. The van der Waals surface area contributed by atoms with E-state index in [1.807, 2.05) is 0 Å². The average Bonchev–Trinajstić information content (AvgIpc) is 2.43. The zero-order valence-corrected chi connectivity index (χ0v) is 12.4. The molecule has 0 amide bonds. The molecular weight excluding hydrogens is 284 g/mol. The Morgan fingerprint density at radius 1 is 1.14 bits per heavy atom. The highest BCUT2D eigenvalue weighted by Gasteiger charge is 2.33. The first-order valence-electron chi connectivity index (χ1n) is 7.17. The van der Waals surface area contributed by atoms with E-state index >= 15 is 0 Å². The Balaban J connectivity index is 2.49. The summed E-state index contributed by atoms with van der Waals surface area (Å²) in [6.45, 7) is 7.71. The fourth-order valence-corrected chi connectivity index (χ4v) is 2.16. The largest absolute Gasteiger partial charge is 0.416 e. The van der Waals surface area contributed by atoms with Crippen molar-refractivity contribution in [1.82, 2.24) is 10.2 Å². The fourth-order valence-electron chi connectivity index (χ4n) is 2.16. The average molecular weight is 306 g/mol. The zero-order chi connectivity index (χ0) is 15.9. The molecule has 0 radical (unpaired) electrons. The predicted octanol–water partition coefficient (Wildman–Crippen LogP) is 3.67. The zero-order valence-electron chi connectivity index (χ0n) is 12.4. The van der Waals surface area contributed by atoms with E-state index in [-0.39, 0.29) is 12.1 Å². The van der Waals surface area contributed by atoms with Gasteiger partial charge < -0.3 is 10.2 Å². The lowest BCUT2D eigenvalue weighted by Gasteiger charge is -2.18. The monoisotopic (exact) mass is 306 g/mol. The summed E-state index contributed by atoms with van der Waals surface area (Å²) >= 11 is 0. The maximum atomic E-state index is 13.0. The molecule has 0 unspecified atom stereocenters. The summed E-state index contributed by atoms with van der Waals surface area (Å²) in [5.41, 5.74) is -0.828. The molecule has 1 N–H and O–H groups in total. The second kappa shape index (κ2) is 8.34. The third-order valence-corrected chi connectivity index (χ3v) is 3.42. The number of benzene rings is 1. The maximum absolute atomic E-state index is 13.0. The molecule has 0 atom stereocenters. The number of nitrogens with one attached hydrogen (secondary N) is 1. The molecule has 1 aromatic rings. The number of alkyl halides is 3. The van der Waals surface area contributed by atoms with Crippen molar-refractivity contribution < 1.29 is 17.6 Å². The van der Waals surface area contributed by atoms with E-state index in [9.17, 15) is 17.6 Å². The SMILES string of the molecule is CCN(CC)CCCNCc1ccc(F)cc1C(F)(F)F. The lowest BCUT2D eigenvalue weighted by atomic mass is 10.1. The standard InChI is InChI=1S/C15H22F4N2/c1-3-21(4-2)9-5-8-20-11-12-6-7-13(16)10-14(12)15(17,18)19/h6-7,10,20H,3-5,8-9,11H2,1-2H3. The van der Waals surface area contributed by atoms with E-state index < -0.39 is 17.6 Å². The van der Waals surface area contributed by atoms with E-state index in [0.717, 1.165) is 32.1 Å². The highest BCUT2D eigenvalue weighted by Crippen LogP contribution is 2.32. The quantitative estimate of drug-likeness (QED) is 0.582. The molecular formula is C15H22F4N2. The Labute approximate surface area is 123 Å². The maximum Gasteiger partial charge on any atom is 0.416 e. The summed E-state index contributed by atoms with van der Waals surface area (Å²) in [5, 5.41) is 2.99. The minimum absolute atomic E-state index is 0.0757. The van der Waals surface area contributed by atoms with Crippen LogP contribution in [0.5, 0.6) is 0 Å². The number of rotatable bonds is 8. The van der Waals surface area contributed by atoms with Crippen molar-refractivity contribution in [2.45, 2.75) is 33.0 Å². The molecule has 1 aromatic carbocycles. The van der Waals surface area contributed by atoms with Gasteiger partial charge in [0.05, 0.1) is 5.56 Å². The Morgan fingerprint density at radius 2 is 1.81 bits per heavy atom. The minimum atomic E-state index is -4.53. The van der Waals surface area contributed by atoms with E-state index in [2.05, 4.69) is 24.1 Å². The van der Waals surface area contributed by atoms with Gasteiger partial charge in [0.1, 0.15) is 5.82 Å². The molecule has 0 aliphatic carbocycles. The molecule has 120 valence electrons. The van der Waals surface area contributed by atoms with Crippen LogP contribution in [-0.4, -0.2) is 31.1 Å². The number of hydrogen-bond donors (Lipinski definition) is 1. The fraction of sp³-hybridized carbons (Fsp3) is 0.600. The number of nitrogens with zero attached hydrogens (tertiary/aromatic N) is 1.